The molecule has 0 bridgehead atoms. The van der Waals surface area contributed by atoms with Crippen molar-refractivity contribution in [1.29, 1.82) is 0 Å². The van der Waals surface area contributed by atoms with Crippen LogP contribution in [0.15, 0.2) is 18.2 Å². The molecule has 0 aliphatic heterocycles. The quantitative estimate of drug-likeness (QED) is 0.601. The summed E-state index contributed by atoms with van der Waals surface area (Å²) in [6, 6.07) is 3.60. The number of carbonyl (C=O) groups is 1. The van der Waals surface area contributed by atoms with Crippen molar-refractivity contribution in [3.63, 3.8) is 0 Å². The highest BCUT2D eigenvalue weighted by atomic mass is 79.9. The van der Waals surface area contributed by atoms with Gasteiger partial charge < -0.3 is 5.32 Å². The van der Waals surface area contributed by atoms with E-state index in [1.807, 2.05) is 0 Å². The molecule has 0 fully saturated rings. The van der Waals surface area contributed by atoms with E-state index in [0.29, 0.717) is 12.5 Å². The standard InChI is InChI=1S/C14H18BrF2NO/c1-10(9-15)4-3-7-18-14(19)8-11-12(16)5-2-6-13(11)17/h2,5-6,10H,3-4,7-9H2,1H3,(H,18,19). The highest BCUT2D eigenvalue weighted by Crippen LogP contribution is 2.12. The highest BCUT2D eigenvalue weighted by molar-refractivity contribution is 9.09. The zero-order valence-corrected chi connectivity index (χ0v) is 12.5. The summed E-state index contributed by atoms with van der Waals surface area (Å²) in [6.07, 6.45) is 1.60. The SMILES string of the molecule is CC(CBr)CCCNC(=O)Cc1c(F)cccc1F. The van der Waals surface area contributed by atoms with E-state index in [9.17, 15) is 13.6 Å². The zero-order chi connectivity index (χ0) is 14.3. The lowest BCUT2D eigenvalue weighted by Crippen LogP contribution is -2.27. The minimum absolute atomic E-state index is 0.172. The molecule has 0 aliphatic carbocycles. The second-order valence-corrected chi connectivity index (χ2v) is 5.28. The number of alkyl halides is 1. The first-order chi connectivity index (χ1) is 9.04. The topological polar surface area (TPSA) is 29.1 Å². The minimum Gasteiger partial charge on any atom is -0.356 e. The molecule has 0 spiro atoms. The van der Waals surface area contributed by atoms with Gasteiger partial charge in [0.15, 0.2) is 0 Å². The maximum Gasteiger partial charge on any atom is 0.224 e. The summed E-state index contributed by atoms with van der Waals surface area (Å²) in [6.45, 7) is 2.65. The van der Waals surface area contributed by atoms with Gasteiger partial charge in [-0.05, 0) is 30.9 Å². The van der Waals surface area contributed by atoms with Crippen LogP contribution in [-0.2, 0) is 11.2 Å². The Labute approximate surface area is 120 Å². The first kappa shape index (κ1) is 16.1. The van der Waals surface area contributed by atoms with Crippen LogP contribution in [0.25, 0.3) is 0 Å². The Morgan fingerprint density at radius 2 is 2.00 bits per heavy atom. The monoisotopic (exact) mass is 333 g/mol. The number of carbonyl (C=O) groups excluding carboxylic acids is 1. The number of hydrogen-bond acceptors (Lipinski definition) is 1. The molecule has 19 heavy (non-hydrogen) atoms. The number of rotatable bonds is 7. The van der Waals surface area contributed by atoms with Gasteiger partial charge in [-0.3, -0.25) is 4.79 Å². The molecule has 1 aromatic carbocycles. The predicted octanol–water partition coefficient (Wildman–Crippen LogP) is 3.43. The van der Waals surface area contributed by atoms with Crippen LogP contribution >= 0.6 is 15.9 Å². The zero-order valence-electron chi connectivity index (χ0n) is 10.9. The second-order valence-electron chi connectivity index (χ2n) is 4.63. The summed E-state index contributed by atoms with van der Waals surface area (Å²) in [4.78, 5) is 11.6. The van der Waals surface area contributed by atoms with Crippen LogP contribution < -0.4 is 5.32 Å². The van der Waals surface area contributed by atoms with Crippen molar-refractivity contribution < 1.29 is 13.6 Å². The Hall–Kier alpha value is -0.970. The molecule has 0 aliphatic rings. The molecule has 1 atom stereocenters. The first-order valence-electron chi connectivity index (χ1n) is 6.30. The van der Waals surface area contributed by atoms with Gasteiger partial charge in [0.25, 0.3) is 0 Å². The molecule has 5 heteroatoms. The Balaban J connectivity index is 2.35. The predicted molar refractivity (Wildman–Crippen MR) is 75.3 cm³/mol. The summed E-state index contributed by atoms with van der Waals surface area (Å²) >= 11 is 3.39. The molecular weight excluding hydrogens is 316 g/mol. The summed E-state index contributed by atoms with van der Waals surface area (Å²) < 4.78 is 26.7. The Morgan fingerprint density at radius 1 is 1.37 bits per heavy atom. The van der Waals surface area contributed by atoms with E-state index in [1.165, 1.54) is 6.07 Å². The van der Waals surface area contributed by atoms with E-state index in [2.05, 4.69) is 28.2 Å². The van der Waals surface area contributed by atoms with E-state index in [0.717, 1.165) is 30.3 Å². The molecule has 0 heterocycles. The van der Waals surface area contributed by atoms with E-state index >= 15 is 0 Å². The maximum absolute atomic E-state index is 13.3. The fourth-order valence-corrected chi connectivity index (χ4v) is 2.00. The van der Waals surface area contributed by atoms with Gasteiger partial charge >= 0.3 is 0 Å². The molecule has 1 rings (SSSR count). The molecule has 0 aromatic heterocycles. The third-order valence-electron chi connectivity index (χ3n) is 2.86. The summed E-state index contributed by atoms with van der Waals surface area (Å²) in [5.41, 5.74) is -0.172. The van der Waals surface area contributed by atoms with Crippen molar-refractivity contribution in [1.82, 2.24) is 5.32 Å². The van der Waals surface area contributed by atoms with Crippen molar-refractivity contribution in [2.45, 2.75) is 26.2 Å². The smallest absolute Gasteiger partial charge is 0.224 e. The van der Waals surface area contributed by atoms with Gasteiger partial charge in [0.05, 0.1) is 6.42 Å². The third kappa shape index (κ3) is 5.68. The van der Waals surface area contributed by atoms with Gasteiger partial charge in [0, 0.05) is 17.4 Å². The molecule has 1 N–H and O–H groups in total. The lowest BCUT2D eigenvalue weighted by molar-refractivity contribution is -0.120. The molecule has 2 nitrogen and oxygen atoms in total. The lowest BCUT2D eigenvalue weighted by atomic mass is 10.1. The van der Waals surface area contributed by atoms with E-state index < -0.39 is 11.6 Å². The van der Waals surface area contributed by atoms with Crippen molar-refractivity contribution in [2.24, 2.45) is 5.92 Å². The normalized spacial score (nSPS) is 12.2. The van der Waals surface area contributed by atoms with Gasteiger partial charge in [0.2, 0.25) is 5.91 Å². The van der Waals surface area contributed by atoms with Crippen LogP contribution in [0.3, 0.4) is 0 Å². The number of hydrogen-bond donors (Lipinski definition) is 1. The van der Waals surface area contributed by atoms with Crippen molar-refractivity contribution in [2.75, 3.05) is 11.9 Å². The molecule has 1 unspecified atom stereocenters. The van der Waals surface area contributed by atoms with Crippen LogP contribution in [0, 0.1) is 17.6 Å². The number of benzene rings is 1. The van der Waals surface area contributed by atoms with E-state index in [4.69, 9.17) is 0 Å². The van der Waals surface area contributed by atoms with Crippen LogP contribution in [0.2, 0.25) is 0 Å². The Bertz CT molecular complexity index is 406. The summed E-state index contributed by atoms with van der Waals surface area (Å²) in [5.74, 6) is -1.15. The minimum atomic E-state index is -0.678. The first-order valence-corrected chi connectivity index (χ1v) is 7.42. The van der Waals surface area contributed by atoms with Gasteiger partial charge in [-0.25, -0.2) is 8.78 Å². The molecule has 106 valence electrons. The highest BCUT2D eigenvalue weighted by Gasteiger charge is 2.12. The Kier molecular flexibility index (Phi) is 6.99. The average Bonchev–Trinajstić information content (AvgIpc) is 2.39. The molecule has 1 aromatic rings. The lowest BCUT2D eigenvalue weighted by Gasteiger charge is -2.09. The van der Waals surface area contributed by atoms with Crippen LogP contribution in [0.1, 0.15) is 25.3 Å². The second kappa shape index (κ2) is 8.25. The average molecular weight is 334 g/mol. The summed E-state index contributed by atoms with van der Waals surface area (Å²) in [5, 5.41) is 3.61. The molecule has 1 amide bonds. The molecule has 0 saturated carbocycles. The summed E-state index contributed by atoms with van der Waals surface area (Å²) in [7, 11) is 0. The van der Waals surface area contributed by atoms with Gasteiger partial charge in [-0.1, -0.05) is 28.9 Å². The maximum atomic E-state index is 13.3. The van der Waals surface area contributed by atoms with Crippen LogP contribution in [0.5, 0.6) is 0 Å². The van der Waals surface area contributed by atoms with E-state index in [-0.39, 0.29) is 17.9 Å². The van der Waals surface area contributed by atoms with Crippen LogP contribution in [-0.4, -0.2) is 17.8 Å². The largest absolute Gasteiger partial charge is 0.356 e. The van der Waals surface area contributed by atoms with Gasteiger partial charge in [-0.15, -0.1) is 0 Å². The molecule has 0 saturated heterocycles. The Morgan fingerprint density at radius 3 is 2.58 bits per heavy atom. The fraction of sp³-hybridized carbons (Fsp3) is 0.500. The van der Waals surface area contributed by atoms with Crippen LogP contribution in [0.4, 0.5) is 8.78 Å². The third-order valence-corrected chi connectivity index (χ3v) is 3.96. The number of amides is 1. The number of halogens is 3. The fourth-order valence-electron chi connectivity index (χ4n) is 1.68. The van der Waals surface area contributed by atoms with Crippen molar-refractivity contribution in [3.05, 3.63) is 35.4 Å². The number of nitrogens with one attached hydrogen (secondary N) is 1. The van der Waals surface area contributed by atoms with Crippen molar-refractivity contribution >= 4 is 21.8 Å². The van der Waals surface area contributed by atoms with E-state index in [1.54, 1.807) is 0 Å². The molecular formula is C14H18BrF2NO. The van der Waals surface area contributed by atoms with Crippen molar-refractivity contribution in [3.8, 4) is 0 Å². The van der Waals surface area contributed by atoms with Gasteiger partial charge in [-0.2, -0.15) is 0 Å². The molecule has 0 radical (unpaired) electrons. The van der Waals surface area contributed by atoms with Gasteiger partial charge in [0.1, 0.15) is 11.6 Å².